The predicted molar refractivity (Wildman–Crippen MR) is 78.8 cm³/mol. The SMILES string of the molecule is C[C@@H](OC(=O)/C=C/c1cccc([N+](=O)[O-])c1)C(=O)NC1CC1. The third-order valence-electron chi connectivity index (χ3n) is 3.08. The first-order valence-electron chi connectivity index (χ1n) is 6.89. The summed E-state index contributed by atoms with van der Waals surface area (Å²) in [5.41, 5.74) is 0.439. The Balaban J connectivity index is 1.88. The largest absolute Gasteiger partial charge is 0.449 e. The molecule has 0 bridgehead atoms. The zero-order valence-electron chi connectivity index (χ0n) is 12.0. The van der Waals surface area contributed by atoms with Gasteiger partial charge in [0.05, 0.1) is 4.92 Å². The van der Waals surface area contributed by atoms with E-state index in [0.29, 0.717) is 5.56 Å². The Hall–Kier alpha value is -2.70. The minimum Gasteiger partial charge on any atom is -0.449 e. The molecule has 7 nitrogen and oxygen atoms in total. The lowest BCUT2D eigenvalue weighted by Gasteiger charge is -2.11. The number of carbonyl (C=O) groups is 2. The van der Waals surface area contributed by atoms with Gasteiger partial charge in [0, 0.05) is 24.3 Å². The highest BCUT2D eigenvalue weighted by atomic mass is 16.6. The first kappa shape index (κ1) is 15.7. The maximum absolute atomic E-state index is 11.6. The Morgan fingerprint density at radius 2 is 2.18 bits per heavy atom. The van der Waals surface area contributed by atoms with Crippen LogP contribution in [0, 0.1) is 10.1 Å². The van der Waals surface area contributed by atoms with Crippen LogP contribution in [0.15, 0.2) is 30.3 Å². The average Bonchev–Trinajstić information content (AvgIpc) is 3.29. The molecule has 0 unspecified atom stereocenters. The molecule has 1 aliphatic rings. The molecule has 0 radical (unpaired) electrons. The van der Waals surface area contributed by atoms with Gasteiger partial charge >= 0.3 is 5.97 Å². The standard InChI is InChI=1S/C15H16N2O5/c1-10(15(19)16-12-6-7-12)22-14(18)8-5-11-3-2-4-13(9-11)17(20)21/h2-5,8-10,12H,6-7H2,1H3,(H,16,19)/b8-5+/t10-/m1/s1. The van der Waals surface area contributed by atoms with E-state index in [0.717, 1.165) is 18.9 Å². The molecule has 0 saturated heterocycles. The van der Waals surface area contributed by atoms with Gasteiger partial charge in [0.1, 0.15) is 0 Å². The number of amides is 1. The van der Waals surface area contributed by atoms with E-state index in [-0.39, 0.29) is 17.6 Å². The molecule has 0 heterocycles. The summed E-state index contributed by atoms with van der Waals surface area (Å²) in [5, 5.41) is 13.4. The number of rotatable bonds is 6. The summed E-state index contributed by atoms with van der Waals surface area (Å²) < 4.78 is 4.97. The van der Waals surface area contributed by atoms with Gasteiger partial charge in [-0.1, -0.05) is 12.1 Å². The van der Waals surface area contributed by atoms with E-state index in [4.69, 9.17) is 4.74 Å². The van der Waals surface area contributed by atoms with E-state index < -0.39 is 17.0 Å². The second kappa shape index (κ2) is 6.84. The number of hydrogen-bond acceptors (Lipinski definition) is 5. The summed E-state index contributed by atoms with van der Waals surface area (Å²) in [7, 11) is 0. The molecule has 1 amide bonds. The maximum Gasteiger partial charge on any atom is 0.331 e. The Kier molecular flexibility index (Phi) is 4.88. The van der Waals surface area contributed by atoms with Crippen molar-refractivity contribution in [3.8, 4) is 0 Å². The molecule has 1 aromatic rings. The van der Waals surface area contributed by atoms with Gasteiger partial charge in [-0.25, -0.2) is 4.79 Å². The van der Waals surface area contributed by atoms with Crippen molar-refractivity contribution in [3.05, 3.63) is 46.0 Å². The number of benzene rings is 1. The van der Waals surface area contributed by atoms with Crippen LogP contribution in [0.1, 0.15) is 25.3 Å². The minimum absolute atomic E-state index is 0.0623. The number of nitrogens with one attached hydrogen (secondary N) is 1. The van der Waals surface area contributed by atoms with Crippen molar-refractivity contribution in [3.63, 3.8) is 0 Å². The summed E-state index contributed by atoms with van der Waals surface area (Å²) in [6, 6.07) is 6.05. The van der Waals surface area contributed by atoms with Gasteiger partial charge in [-0.3, -0.25) is 14.9 Å². The lowest BCUT2D eigenvalue weighted by atomic mass is 10.2. The van der Waals surface area contributed by atoms with E-state index >= 15 is 0 Å². The first-order chi connectivity index (χ1) is 10.5. The molecule has 7 heteroatoms. The van der Waals surface area contributed by atoms with Gasteiger partial charge in [-0.2, -0.15) is 0 Å². The van der Waals surface area contributed by atoms with E-state index in [1.165, 1.54) is 31.2 Å². The normalized spacial score (nSPS) is 15.3. The number of ether oxygens (including phenoxy) is 1. The van der Waals surface area contributed by atoms with Crippen molar-refractivity contribution in [2.45, 2.75) is 31.9 Å². The smallest absolute Gasteiger partial charge is 0.331 e. The third kappa shape index (κ3) is 4.69. The van der Waals surface area contributed by atoms with Crippen LogP contribution in [0.3, 0.4) is 0 Å². The monoisotopic (exact) mass is 304 g/mol. The van der Waals surface area contributed by atoms with E-state index in [9.17, 15) is 19.7 Å². The summed E-state index contributed by atoms with van der Waals surface area (Å²) >= 11 is 0. The van der Waals surface area contributed by atoms with Crippen molar-refractivity contribution in [2.24, 2.45) is 0 Å². The molecule has 1 N–H and O–H groups in total. The highest BCUT2D eigenvalue weighted by molar-refractivity contribution is 5.90. The summed E-state index contributed by atoms with van der Waals surface area (Å²) in [6.07, 6.45) is 3.58. The number of nitro groups is 1. The number of non-ortho nitro benzene ring substituents is 1. The van der Waals surface area contributed by atoms with Gasteiger partial charge in [-0.05, 0) is 31.4 Å². The van der Waals surface area contributed by atoms with Gasteiger partial charge in [0.25, 0.3) is 11.6 Å². The molecule has 0 aliphatic heterocycles. The highest BCUT2D eigenvalue weighted by Crippen LogP contribution is 2.19. The van der Waals surface area contributed by atoms with Crippen LogP contribution in [0.25, 0.3) is 6.08 Å². The molecule has 0 spiro atoms. The van der Waals surface area contributed by atoms with Crippen LogP contribution < -0.4 is 5.32 Å². The second-order valence-electron chi connectivity index (χ2n) is 5.05. The van der Waals surface area contributed by atoms with Gasteiger partial charge < -0.3 is 10.1 Å². The fraction of sp³-hybridized carbons (Fsp3) is 0.333. The molecule has 22 heavy (non-hydrogen) atoms. The molecule has 2 rings (SSSR count). The van der Waals surface area contributed by atoms with Crippen LogP contribution in [-0.4, -0.2) is 28.9 Å². The highest BCUT2D eigenvalue weighted by Gasteiger charge is 2.26. The predicted octanol–water partition coefficient (Wildman–Crippen LogP) is 1.82. The number of hydrogen-bond donors (Lipinski definition) is 1. The minimum atomic E-state index is -0.872. The Labute approximate surface area is 127 Å². The average molecular weight is 304 g/mol. The van der Waals surface area contributed by atoms with Gasteiger partial charge in [0.15, 0.2) is 6.10 Å². The summed E-state index contributed by atoms with van der Waals surface area (Å²) in [5.74, 6) is -0.996. The lowest BCUT2D eigenvalue weighted by Crippen LogP contribution is -2.36. The number of nitro benzene ring substituents is 1. The third-order valence-corrected chi connectivity index (χ3v) is 3.08. The second-order valence-corrected chi connectivity index (χ2v) is 5.05. The van der Waals surface area contributed by atoms with Crippen molar-refractivity contribution in [2.75, 3.05) is 0 Å². The Morgan fingerprint density at radius 1 is 1.45 bits per heavy atom. The van der Waals surface area contributed by atoms with Crippen LogP contribution >= 0.6 is 0 Å². The first-order valence-corrected chi connectivity index (χ1v) is 6.89. The van der Waals surface area contributed by atoms with Crippen molar-refractivity contribution >= 4 is 23.6 Å². The number of esters is 1. The van der Waals surface area contributed by atoms with Crippen LogP contribution in [-0.2, 0) is 14.3 Å². The molecule has 1 aromatic carbocycles. The van der Waals surface area contributed by atoms with E-state index in [2.05, 4.69) is 5.32 Å². The summed E-state index contributed by atoms with van der Waals surface area (Å²) in [4.78, 5) is 33.4. The van der Waals surface area contributed by atoms with Crippen LogP contribution in [0.2, 0.25) is 0 Å². The van der Waals surface area contributed by atoms with Crippen LogP contribution in [0.4, 0.5) is 5.69 Å². The maximum atomic E-state index is 11.6. The van der Waals surface area contributed by atoms with Crippen LogP contribution in [0.5, 0.6) is 0 Å². The number of carbonyl (C=O) groups excluding carboxylic acids is 2. The van der Waals surface area contributed by atoms with Gasteiger partial charge in [-0.15, -0.1) is 0 Å². The van der Waals surface area contributed by atoms with Crippen molar-refractivity contribution < 1.29 is 19.2 Å². The van der Waals surface area contributed by atoms with Gasteiger partial charge in [0.2, 0.25) is 0 Å². The van der Waals surface area contributed by atoms with E-state index in [1.807, 2.05) is 0 Å². The van der Waals surface area contributed by atoms with E-state index in [1.54, 1.807) is 6.07 Å². The molecular weight excluding hydrogens is 288 g/mol. The fourth-order valence-corrected chi connectivity index (χ4v) is 1.72. The van der Waals surface area contributed by atoms with Crippen molar-refractivity contribution in [1.82, 2.24) is 5.32 Å². The van der Waals surface area contributed by atoms with Crippen molar-refractivity contribution in [1.29, 1.82) is 0 Å². The molecule has 0 aromatic heterocycles. The molecule has 1 saturated carbocycles. The molecule has 116 valence electrons. The molecule has 1 atom stereocenters. The Morgan fingerprint density at radius 3 is 2.82 bits per heavy atom. The topological polar surface area (TPSA) is 98.5 Å². The molecular formula is C15H16N2O5. The molecule has 1 fully saturated rings. The zero-order valence-corrected chi connectivity index (χ0v) is 12.0. The fourth-order valence-electron chi connectivity index (χ4n) is 1.72. The zero-order chi connectivity index (χ0) is 16.1. The molecule has 1 aliphatic carbocycles. The summed E-state index contributed by atoms with van der Waals surface area (Å²) in [6.45, 7) is 1.50. The quantitative estimate of drug-likeness (QED) is 0.374. The number of nitrogens with zero attached hydrogens (tertiary/aromatic N) is 1. The lowest BCUT2D eigenvalue weighted by molar-refractivity contribution is -0.384. The Bertz CT molecular complexity index is 622.